The first-order valence-electron chi connectivity index (χ1n) is 5.83. The van der Waals surface area contributed by atoms with E-state index in [1.54, 1.807) is 0 Å². The number of hydrogen-bond donors (Lipinski definition) is 2. The zero-order valence-corrected chi connectivity index (χ0v) is 10.7. The Morgan fingerprint density at radius 1 is 1.41 bits per heavy atom. The first-order valence-corrected chi connectivity index (χ1v) is 6.20. The maximum Gasteiger partial charge on any atom is 0.0579 e. The quantitative estimate of drug-likeness (QED) is 0.846. The summed E-state index contributed by atoms with van der Waals surface area (Å²) in [6.45, 7) is 4.34. The first-order chi connectivity index (χ1) is 8.15. The molecule has 3 nitrogen and oxygen atoms in total. The molecular formula is C13H18ClNO2. The minimum absolute atomic E-state index is 0.0827. The molecule has 1 saturated heterocycles. The van der Waals surface area contributed by atoms with Gasteiger partial charge in [-0.3, -0.25) is 0 Å². The highest BCUT2D eigenvalue weighted by Crippen LogP contribution is 2.27. The molecule has 1 aromatic carbocycles. The van der Waals surface area contributed by atoms with E-state index in [-0.39, 0.29) is 18.1 Å². The molecular weight excluding hydrogens is 238 g/mol. The molecule has 0 aliphatic carbocycles. The highest BCUT2D eigenvalue weighted by Gasteiger charge is 2.37. The molecule has 1 heterocycles. The molecule has 0 amide bonds. The summed E-state index contributed by atoms with van der Waals surface area (Å²) in [6.07, 6.45) is 0. The lowest BCUT2D eigenvalue weighted by Gasteiger charge is -2.40. The summed E-state index contributed by atoms with van der Waals surface area (Å²) in [7, 11) is 0. The van der Waals surface area contributed by atoms with Crippen LogP contribution in [0.4, 0.5) is 0 Å². The molecule has 1 aliphatic rings. The van der Waals surface area contributed by atoms with E-state index in [4.69, 9.17) is 16.3 Å². The molecule has 94 valence electrons. The van der Waals surface area contributed by atoms with Crippen molar-refractivity contribution in [3.8, 4) is 0 Å². The van der Waals surface area contributed by atoms with Gasteiger partial charge in [0.1, 0.15) is 0 Å². The zero-order chi connectivity index (χ0) is 12.3. The zero-order valence-electron chi connectivity index (χ0n) is 9.95. The van der Waals surface area contributed by atoms with Crippen LogP contribution in [0.15, 0.2) is 24.3 Å². The lowest BCUT2D eigenvalue weighted by atomic mass is 9.86. The van der Waals surface area contributed by atoms with Crippen molar-refractivity contribution in [3.63, 3.8) is 0 Å². The minimum atomic E-state index is -0.0827. The van der Waals surface area contributed by atoms with E-state index in [2.05, 4.69) is 12.2 Å². The van der Waals surface area contributed by atoms with Gasteiger partial charge in [-0.1, -0.05) is 23.7 Å². The lowest BCUT2D eigenvalue weighted by molar-refractivity contribution is -0.135. The third-order valence-electron chi connectivity index (χ3n) is 3.31. The van der Waals surface area contributed by atoms with Gasteiger partial charge in [-0.2, -0.15) is 0 Å². The van der Waals surface area contributed by atoms with Gasteiger partial charge in [-0.15, -0.1) is 0 Å². The van der Waals surface area contributed by atoms with Crippen molar-refractivity contribution in [1.29, 1.82) is 0 Å². The van der Waals surface area contributed by atoms with Crippen LogP contribution in [0.25, 0.3) is 0 Å². The van der Waals surface area contributed by atoms with E-state index in [1.165, 1.54) is 5.56 Å². The minimum Gasteiger partial charge on any atom is -0.396 e. The molecule has 0 spiro atoms. The molecule has 17 heavy (non-hydrogen) atoms. The fraction of sp³-hybridized carbons (Fsp3) is 0.538. The SMILES string of the molecule is CC(NCC1(CO)COC1)c1ccc(Cl)cc1. The Bertz CT molecular complexity index is 357. The van der Waals surface area contributed by atoms with Crippen LogP contribution < -0.4 is 5.32 Å². The van der Waals surface area contributed by atoms with Crippen LogP contribution in [0.1, 0.15) is 18.5 Å². The van der Waals surface area contributed by atoms with Gasteiger partial charge in [0.25, 0.3) is 0 Å². The third-order valence-corrected chi connectivity index (χ3v) is 3.56. The van der Waals surface area contributed by atoms with Crippen molar-refractivity contribution in [2.45, 2.75) is 13.0 Å². The normalized spacial score (nSPS) is 19.7. The summed E-state index contributed by atoms with van der Waals surface area (Å²) in [5.41, 5.74) is 1.11. The topological polar surface area (TPSA) is 41.5 Å². The molecule has 1 unspecified atom stereocenters. The van der Waals surface area contributed by atoms with Crippen LogP contribution >= 0.6 is 11.6 Å². The highest BCUT2D eigenvalue weighted by molar-refractivity contribution is 6.30. The molecule has 1 aromatic rings. The van der Waals surface area contributed by atoms with Crippen molar-refractivity contribution in [3.05, 3.63) is 34.9 Å². The smallest absolute Gasteiger partial charge is 0.0579 e. The molecule has 0 saturated carbocycles. The van der Waals surface area contributed by atoms with E-state index < -0.39 is 0 Å². The molecule has 0 radical (unpaired) electrons. The van der Waals surface area contributed by atoms with Crippen LogP contribution in [0, 0.1) is 5.41 Å². The summed E-state index contributed by atoms with van der Waals surface area (Å²) in [4.78, 5) is 0. The Morgan fingerprint density at radius 2 is 2.06 bits per heavy atom. The van der Waals surface area contributed by atoms with Crippen LogP contribution in [0.2, 0.25) is 5.02 Å². The van der Waals surface area contributed by atoms with Crippen molar-refractivity contribution in [1.82, 2.24) is 5.32 Å². The Balaban J connectivity index is 1.88. The first kappa shape index (κ1) is 12.8. The van der Waals surface area contributed by atoms with Crippen LogP contribution in [-0.4, -0.2) is 31.5 Å². The largest absolute Gasteiger partial charge is 0.396 e. The molecule has 4 heteroatoms. The lowest BCUT2D eigenvalue weighted by Crippen LogP contribution is -2.52. The average molecular weight is 256 g/mol. The standard InChI is InChI=1S/C13H18ClNO2/c1-10(11-2-4-12(14)5-3-11)15-6-13(7-16)8-17-9-13/h2-5,10,15-16H,6-9H2,1H3. The second kappa shape index (κ2) is 5.36. The number of aliphatic hydroxyl groups excluding tert-OH is 1. The predicted octanol–water partition coefficient (Wildman–Crippen LogP) is 2.00. The number of rotatable bonds is 5. The Hall–Kier alpha value is -0.610. The monoisotopic (exact) mass is 255 g/mol. The van der Waals surface area contributed by atoms with Crippen molar-refractivity contribution in [2.75, 3.05) is 26.4 Å². The molecule has 1 atom stereocenters. The summed E-state index contributed by atoms with van der Waals surface area (Å²) >= 11 is 5.85. The Labute approximate surface area is 107 Å². The van der Waals surface area contributed by atoms with Crippen LogP contribution in [0.5, 0.6) is 0 Å². The maximum absolute atomic E-state index is 9.32. The second-order valence-electron chi connectivity index (χ2n) is 4.81. The molecule has 0 aromatic heterocycles. The predicted molar refractivity (Wildman–Crippen MR) is 68.2 cm³/mol. The van der Waals surface area contributed by atoms with Crippen LogP contribution in [-0.2, 0) is 4.74 Å². The average Bonchev–Trinajstić information content (AvgIpc) is 2.29. The van der Waals surface area contributed by atoms with E-state index in [1.807, 2.05) is 24.3 Å². The van der Waals surface area contributed by atoms with E-state index in [0.29, 0.717) is 13.2 Å². The number of aliphatic hydroxyl groups is 1. The van der Waals surface area contributed by atoms with Gasteiger partial charge >= 0.3 is 0 Å². The van der Waals surface area contributed by atoms with Gasteiger partial charge in [0.15, 0.2) is 0 Å². The number of nitrogens with one attached hydrogen (secondary N) is 1. The number of ether oxygens (including phenoxy) is 1. The number of hydrogen-bond acceptors (Lipinski definition) is 3. The van der Waals surface area contributed by atoms with E-state index >= 15 is 0 Å². The summed E-state index contributed by atoms with van der Waals surface area (Å²) in [5.74, 6) is 0. The molecule has 1 aliphatic heterocycles. The van der Waals surface area contributed by atoms with Gasteiger partial charge in [-0.25, -0.2) is 0 Å². The maximum atomic E-state index is 9.32. The van der Waals surface area contributed by atoms with E-state index in [0.717, 1.165) is 11.6 Å². The van der Waals surface area contributed by atoms with Gasteiger partial charge in [0.05, 0.1) is 25.2 Å². The van der Waals surface area contributed by atoms with Gasteiger partial charge in [0, 0.05) is 17.6 Å². The Kier molecular flexibility index (Phi) is 4.05. The number of halogens is 1. The van der Waals surface area contributed by atoms with Crippen LogP contribution in [0.3, 0.4) is 0 Å². The molecule has 2 N–H and O–H groups in total. The fourth-order valence-electron chi connectivity index (χ4n) is 1.88. The molecule has 2 rings (SSSR count). The van der Waals surface area contributed by atoms with Gasteiger partial charge in [-0.05, 0) is 24.6 Å². The third kappa shape index (κ3) is 2.99. The summed E-state index contributed by atoms with van der Waals surface area (Å²) < 4.78 is 5.17. The molecule has 1 fully saturated rings. The second-order valence-corrected chi connectivity index (χ2v) is 5.24. The molecule has 0 bridgehead atoms. The van der Waals surface area contributed by atoms with Crippen molar-refractivity contribution < 1.29 is 9.84 Å². The Morgan fingerprint density at radius 3 is 2.53 bits per heavy atom. The summed E-state index contributed by atoms with van der Waals surface area (Å²) in [6, 6.07) is 8.06. The van der Waals surface area contributed by atoms with Gasteiger partial charge in [0.2, 0.25) is 0 Å². The highest BCUT2D eigenvalue weighted by atomic mass is 35.5. The van der Waals surface area contributed by atoms with Crippen molar-refractivity contribution >= 4 is 11.6 Å². The summed E-state index contributed by atoms with van der Waals surface area (Å²) in [5, 5.41) is 13.5. The number of benzene rings is 1. The van der Waals surface area contributed by atoms with Crippen molar-refractivity contribution in [2.24, 2.45) is 5.41 Å². The fourth-order valence-corrected chi connectivity index (χ4v) is 2.00. The van der Waals surface area contributed by atoms with Gasteiger partial charge < -0.3 is 15.2 Å². The van der Waals surface area contributed by atoms with E-state index in [9.17, 15) is 5.11 Å².